The molecular formula is C48H38N2O8. The number of aliphatic hydroxyl groups excluding tert-OH is 1. The molecule has 2 aliphatic heterocycles. The van der Waals surface area contributed by atoms with Gasteiger partial charge in [-0.2, -0.15) is 0 Å². The number of allylic oxidation sites excluding steroid dienone is 2. The van der Waals surface area contributed by atoms with E-state index >= 15 is 0 Å². The van der Waals surface area contributed by atoms with E-state index in [0.717, 1.165) is 11.1 Å². The number of rotatable bonds is 10. The maximum Gasteiger partial charge on any atom is 0.238 e. The fourth-order valence-electron chi connectivity index (χ4n) is 9.44. The van der Waals surface area contributed by atoms with Crippen molar-refractivity contribution < 1.29 is 38.6 Å². The first kappa shape index (κ1) is 36.8. The number of aliphatic hydroxyl groups is 1. The van der Waals surface area contributed by atoms with Crippen LogP contribution in [0, 0.1) is 29.6 Å². The number of imide groups is 2. The first-order valence-electron chi connectivity index (χ1n) is 19.4. The lowest BCUT2D eigenvalue weighted by atomic mass is 9.57. The van der Waals surface area contributed by atoms with Gasteiger partial charge in [-0.1, -0.05) is 84.4 Å². The predicted molar refractivity (Wildman–Crippen MR) is 214 cm³/mol. The second-order valence-electron chi connectivity index (χ2n) is 15.2. The molecule has 6 atom stereocenters. The topological polar surface area (TPSA) is 138 Å². The summed E-state index contributed by atoms with van der Waals surface area (Å²) in [7, 11) is 0. The van der Waals surface area contributed by atoms with Gasteiger partial charge >= 0.3 is 0 Å². The lowest BCUT2D eigenvalue weighted by Gasteiger charge is -2.44. The molecule has 3 fully saturated rings. The van der Waals surface area contributed by atoms with Crippen LogP contribution in [0.2, 0.25) is 0 Å². The SMILES string of the molecule is O=C(c1ccccc1)c1ccc(N2C(=O)[C@H]3[C@H](CC=C4[C@H]3C[C@H]3C(=O)N(c5ccc(C(=O)c6ccccc6)cc5)C(=O)[C@H]3[C@H]4c3ccc(OCCO)cc3)C2=O)cc1. The van der Waals surface area contributed by atoms with Crippen molar-refractivity contribution in [1.82, 2.24) is 0 Å². The average molecular weight is 771 g/mol. The number of ketones is 2. The first-order chi connectivity index (χ1) is 28.2. The summed E-state index contributed by atoms with van der Waals surface area (Å²) in [4.78, 5) is 86.4. The molecule has 5 aromatic rings. The third-order valence-electron chi connectivity index (χ3n) is 12.1. The molecule has 9 rings (SSSR count). The molecular weight excluding hydrogens is 733 g/mol. The van der Waals surface area contributed by atoms with E-state index < -0.39 is 41.4 Å². The van der Waals surface area contributed by atoms with Gasteiger partial charge in [0, 0.05) is 28.2 Å². The molecule has 1 N–H and O–H groups in total. The molecule has 5 aromatic carbocycles. The van der Waals surface area contributed by atoms with Crippen LogP contribution in [0.4, 0.5) is 11.4 Å². The number of hydrogen-bond donors (Lipinski definition) is 1. The molecule has 0 unspecified atom stereocenters. The molecule has 10 nitrogen and oxygen atoms in total. The summed E-state index contributed by atoms with van der Waals surface area (Å²) >= 11 is 0. The summed E-state index contributed by atoms with van der Waals surface area (Å²) in [5, 5.41) is 9.28. The molecule has 58 heavy (non-hydrogen) atoms. The Morgan fingerprint density at radius 1 is 0.552 bits per heavy atom. The molecule has 288 valence electrons. The fourth-order valence-corrected chi connectivity index (χ4v) is 9.44. The van der Waals surface area contributed by atoms with Crippen LogP contribution in [0.1, 0.15) is 56.2 Å². The predicted octanol–water partition coefficient (Wildman–Crippen LogP) is 6.56. The Balaban J connectivity index is 1.04. The van der Waals surface area contributed by atoms with Crippen molar-refractivity contribution in [2.75, 3.05) is 23.0 Å². The van der Waals surface area contributed by atoms with E-state index in [0.29, 0.717) is 39.4 Å². The number of anilines is 2. The number of carbonyl (C=O) groups excluding carboxylic acids is 6. The van der Waals surface area contributed by atoms with E-state index in [2.05, 4.69) is 0 Å². The van der Waals surface area contributed by atoms with E-state index in [4.69, 9.17) is 4.74 Å². The van der Waals surface area contributed by atoms with E-state index in [1.54, 1.807) is 109 Å². The third kappa shape index (κ3) is 6.17. The highest BCUT2D eigenvalue weighted by molar-refractivity contribution is 6.24. The van der Waals surface area contributed by atoms with Crippen LogP contribution in [-0.2, 0) is 19.2 Å². The molecule has 0 aromatic heterocycles. The lowest BCUT2D eigenvalue weighted by Crippen LogP contribution is -2.43. The van der Waals surface area contributed by atoms with Crippen molar-refractivity contribution in [2.45, 2.75) is 18.8 Å². The Morgan fingerprint density at radius 3 is 1.55 bits per heavy atom. The smallest absolute Gasteiger partial charge is 0.238 e. The maximum atomic E-state index is 14.6. The van der Waals surface area contributed by atoms with Crippen molar-refractivity contribution in [3.8, 4) is 5.75 Å². The van der Waals surface area contributed by atoms with Gasteiger partial charge < -0.3 is 9.84 Å². The van der Waals surface area contributed by atoms with Crippen LogP contribution in [0.5, 0.6) is 5.75 Å². The molecule has 0 radical (unpaired) electrons. The minimum absolute atomic E-state index is 0.111. The second-order valence-corrected chi connectivity index (χ2v) is 15.2. The molecule has 10 heteroatoms. The quantitative estimate of drug-likeness (QED) is 0.0958. The summed E-state index contributed by atoms with van der Waals surface area (Å²) in [6, 6.07) is 37.9. The summed E-state index contributed by atoms with van der Waals surface area (Å²) in [6.45, 7) is -0.0427. The zero-order valence-corrected chi connectivity index (χ0v) is 31.3. The molecule has 2 heterocycles. The Labute approximate surface area is 334 Å². The summed E-state index contributed by atoms with van der Waals surface area (Å²) in [5.74, 6) is -5.34. The van der Waals surface area contributed by atoms with Gasteiger partial charge in [0.15, 0.2) is 11.6 Å². The van der Waals surface area contributed by atoms with Crippen LogP contribution >= 0.6 is 0 Å². The van der Waals surface area contributed by atoms with Crippen LogP contribution in [0.25, 0.3) is 0 Å². The Kier molecular flexibility index (Phi) is 9.49. The van der Waals surface area contributed by atoms with Gasteiger partial charge in [-0.15, -0.1) is 0 Å². The van der Waals surface area contributed by atoms with Gasteiger partial charge in [-0.05, 0) is 85.0 Å². The zero-order valence-electron chi connectivity index (χ0n) is 31.3. The zero-order chi connectivity index (χ0) is 40.1. The molecule has 1 saturated carbocycles. The number of ether oxygens (including phenoxy) is 1. The van der Waals surface area contributed by atoms with Gasteiger partial charge in [0.1, 0.15) is 12.4 Å². The normalized spacial score (nSPS) is 23.6. The summed E-state index contributed by atoms with van der Waals surface area (Å²) in [5.41, 5.74) is 4.23. The lowest BCUT2D eigenvalue weighted by molar-refractivity contribution is -0.126. The minimum Gasteiger partial charge on any atom is -0.491 e. The van der Waals surface area contributed by atoms with Gasteiger partial charge in [-0.25, -0.2) is 0 Å². The number of carbonyl (C=O) groups is 6. The van der Waals surface area contributed by atoms with Crippen LogP contribution in [0.3, 0.4) is 0 Å². The van der Waals surface area contributed by atoms with E-state index in [1.807, 2.05) is 30.3 Å². The molecule has 4 amide bonds. The molecule has 2 saturated heterocycles. The van der Waals surface area contributed by atoms with Crippen molar-refractivity contribution >= 4 is 46.6 Å². The molecule has 4 aliphatic rings. The highest BCUT2D eigenvalue weighted by Gasteiger charge is 2.62. The minimum atomic E-state index is -0.783. The van der Waals surface area contributed by atoms with Crippen molar-refractivity contribution in [1.29, 1.82) is 0 Å². The van der Waals surface area contributed by atoms with Crippen molar-refractivity contribution in [3.63, 3.8) is 0 Å². The third-order valence-corrected chi connectivity index (χ3v) is 12.1. The summed E-state index contributed by atoms with van der Waals surface area (Å²) in [6.07, 6.45) is 2.48. The standard InChI is InChI=1S/C48H38N2O8/c51-25-26-58-35-21-15-28(16-22-35)40-36-23-24-37-41(47(56)49(45(37)54)33-17-11-31(12-18-33)43(52)29-7-3-1-4-8-29)38(36)27-39-42(40)48(57)50(46(39)55)34-19-13-32(14-20-34)44(53)30-9-5-2-6-10-30/h1-23,37-42,51H,24-27H2/t37-,38+,39+,40-,41-,42+/m0/s1. The largest absolute Gasteiger partial charge is 0.491 e. The number of fused-ring (bicyclic) bond motifs is 4. The van der Waals surface area contributed by atoms with Crippen molar-refractivity contribution in [3.05, 3.63) is 173 Å². The van der Waals surface area contributed by atoms with Gasteiger partial charge in [0.25, 0.3) is 0 Å². The highest BCUT2D eigenvalue weighted by Crippen LogP contribution is 2.58. The molecule has 0 spiro atoms. The Morgan fingerprint density at radius 2 is 1.03 bits per heavy atom. The van der Waals surface area contributed by atoms with Gasteiger partial charge in [0.05, 0.1) is 41.7 Å². The van der Waals surface area contributed by atoms with Crippen LogP contribution in [-0.4, -0.2) is 53.5 Å². The van der Waals surface area contributed by atoms with E-state index in [9.17, 15) is 33.9 Å². The monoisotopic (exact) mass is 770 g/mol. The Bertz CT molecular complexity index is 2480. The number of nitrogens with zero attached hydrogens (tertiary/aromatic N) is 2. The second kappa shape index (κ2) is 14.9. The number of amides is 4. The molecule has 0 bridgehead atoms. The molecule has 2 aliphatic carbocycles. The van der Waals surface area contributed by atoms with E-state index in [-0.39, 0.29) is 55.3 Å². The van der Waals surface area contributed by atoms with Crippen LogP contribution in [0.15, 0.2) is 145 Å². The highest BCUT2D eigenvalue weighted by atomic mass is 16.5. The fraction of sp³-hybridized carbons (Fsp3) is 0.208. The number of hydrogen-bond acceptors (Lipinski definition) is 8. The summed E-state index contributed by atoms with van der Waals surface area (Å²) < 4.78 is 5.61. The number of benzene rings is 5. The first-order valence-corrected chi connectivity index (χ1v) is 19.4. The maximum absolute atomic E-state index is 14.6. The van der Waals surface area contributed by atoms with Gasteiger partial charge in [-0.3, -0.25) is 38.6 Å². The Hall–Kier alpha value is -6.78. The van der Waals surface area contributed by atoms with Crippen LogP contribution < -0.4 is 14.5 Å². The van der Waals surface area contributed by atoms with E-state index in [1.165, 1.54) is 9.80 Å². The van der Waals surface area contributed by atoms with Gasteiger partial charge in [0.2, 0.25) is 23.6 Å². The van der Waals surface area contributed by atoms with Crippen molar-refractivity contribution in [2.24, 2.45) is 29.6 Å². The average Bonchev–Trinajstić information content (AvgIpc) is 3.68.